The second kappa shape index (κ2) is 7.70. The monoisotopic (exact) mass is 360 g/mol. The number of halogens is 1. The molecule has 25 heavy (non-hydrogen) atoms. The SMILES string of the molecule is CCC(=O)N1CCN(c2cc(Oc3ccc(Cl)c(C)c3)ncn2)CC1. The van der Waals surface area contributed by atoms with Crippen LogP contribution in [0.4, 0.5) is 5.82 Å². The molecular weight excluding hydrogens is 340 g/mol. The lowest BCUT2D eigenvalue weighted by molar-refractivity contribution is -0.131. The normalized spacial score (nSPS) is 14.5. The zero-order valence-corrected chi connectivity index (χ0v) is 15.2. The maximum absolute atomic E-state index is 11.8. The number of hydrogen-bond donors (Lipinski definition) is 0. The van der Waals surface area contributed by atoms with Gasteiger partial charge >= 0.3 is 0 Å². The van der Waals surface area contributed by atoms with E-state index in [0.29, 0.717) is 36.2 Å². The Hall–Kier alpha value is -2.34. The molecule has 0 bridgehead atoms. The van der Waals surface area contributed by atoms with E-state index in [4.69, 9.17) is 16.3 Å². The Morgan fingerprint density at radius 1 is 1.20 bits per heavy atom. The lowest BCUT2D eigenvalue weighted by Crippen LogP contribution is -2.48. The Morgan fingerprint density at radius 3 is 2.64 bits per heavy atom. The summed E-state index contributed by atoms with van der Waals surface area (Å²) >= 11 is 6.04. The first kappa shape index (κ1) is 17.5. The molecule has 1 saturated heterocycles. The van der Waals surface area contributed by atoms with Gasteiger partial charge in [-0.15, -0.1) is 0 Å². The number of carbonyl (C=O) groups is 1. The quantitative estimate of drug-likeness (QED) is 0.837. The van der Waals surface area contributed by atoms with E-state index in [0.717, 1.165) is 24.5 Å². The van der Waals surface area contributed by atoms with Crippen LogP contribution >= 0.6 is 11.6 Å². The van der Waals surface area contributed by atoms with Crippen molar-refractivity contribution in [3.63, 3.8) is 0 Å². The van der Waals surface area contributed by atoms with Gasteiger partial charge in [-0.3, -0.25) is 4.79 Å². The minimum atomic E-state index is 0.199. The summed E-state index contributed by atoms with van der Waals surface area (Å²) in [6, 6.07) is 7.31. The first-order chi connectivity index (χ1) is 12.1. The van der Waals surface area contributed by atoms with Crippen LogP contribution in [-0.4, -0.2) is 47.0 Å². The van der Waals surface area contributed by atoms with Gasteiger partial charge in [-0.25, -0.2) is 9.97 Å². The van der Waals surface area contributed by atoms with Crippen molar-refractivity contribution in [2.24, 2.45) is 0 Å². The number of aromatic nitrogens is 2. The molecule has 0 spiro atoms. The van der Waals surface area contributed by atoms with Gasteiger partial charge in [0.1, 0.15) is 17.9 Å². The Bertz CT molecular complexity index is 760. The Labute approximate surface area is 152 Å². The average Bonchev–Trinajstić information content (AvgIpc) is 2.64. The number of aryl methyl sites for hydroxylation is 1. The van der Waals surface area contributed by atoms with Crippen molar-refractivity contribution in [3.8, 4) is 11.6 Å². The summed E-state index contributed by atoms with van der Waals surface area (Å²) in [4.78, 5) is 24.3. The van der Waals surface area contributed by atoms with Crippen LogP contribution < -0.4 is 9.64 Å². The number of benzene rings is 1. The van der Waals surface area contributed by atoms with Crippen molar-refractivity contribution in [1.29, 1.82) is 0 Å². The molecule has 0 aliphatic carbocycles. The summed E-state index contributed by atoms with van der Waals surface area (Å²) in [6.07, 6.45) is 2.04. The smallest absolute Gasteiger partial charge is 0.224 e. The van der Waals surface area contributed by atoms with Gasteiger partial charge in [-0.1, -0.05) is 18.5 Å². The summed E-state index contributed by atoms with van der Waals surface area (Å²) in [6.45, 7) is 6.75. The van der Waals surface area contributed by atoms with Gasteiger partial charge in [0.25, 0.3) is 0 Å². The van der Waals surface area contributed by atoms with Crippen LogP contribution in [-0.2, 0) is 4.79 Å². The molecule has 2 aromatic rings. The van der Waals surface area contributed by atoms with Gasteiger partial charge in [0.15, 0.2) is 0 Å². The van der Waals surface area contributed by atoms with Crippen LogP contribution in [0.15, 0.2) is 30.6 Å². The first-order valence-electron chi connectivity index (χ1n) is 8.35. The second-order valence-electron chi connectivity index (χ2n) is 5.95. The van der Waals surface area contributed by atoms with Crippen molar-refractivity contribution < 1.29 is 9.53 Å². The topological polar surface area (TPSA) is 58.6 Å². The van der Waals surface area contributed by atoms with E-state index < -0.39 is 0 Å². The molecule has 1 aromatic heterocycles. The molecule has 3 rings (SSSR count). The van der Waals surface area contributed by atoms with Crippen molar-refractivity contribution in [1.82, 2.24) is 14.9 Å². The largest absolute Gasteiger partial charge is 0.439 e. The highest BCUT2D eigenvalue weighted by Gasteiger charge is 2.21. The number of carbonyl (C=O) groups excluding carboxylic acids is 1. The Kier molecular flexibility index (Phi) is 5.38. The molecule has 1 fully saturated rings. The number of nitrogens with zero attached hydrogens (tertiary/aromatic N) is 4. The zero-order chi connectivity index (χ0) is 17.8. The molecule has 0 N–H and O–H groups in total. The summed E-state index contributed by atoms with van der Waals surface area (Å²) < 4.78 is 5.82. The van der Waals surface area contributed by atoms with Gasteiger partial charge in [-0.05, 0) is 30.7 Å². The third kappa shape index (κ3) is 4.20. The molecule has 2 heterocycles. The van der Waals surface area contributed by atoms with E-state index in [-0.39, 0.29) is 5.91 Å². The van der Waals surface area contributed by atoms with Crippen molar-refractivity contribution in [2.45, 2.75) is 20.3 Å². The molecule has 132 valence electrons. The average molecular weight is 361 g/mol. The molecule has 0 atom stereocenters. The molecule has 0 radical (unpaired) electrons. The van der Waals surface area contributed by atoms with Gasteiger partial charge in [0.2, 0.25) is 11.8 Å². The van der Waals surface area contributed by atoms with Crippen LogP contribution in [0, 0.1) is 6.92 Å². The fraction of sp³-hybridized carbons (Fsp3) is 0.389. The minimum absolute atomic E-state index is 0.199. The maximum atomic E-state index is 11.8. The summed E-state index contributed by atoms with van der Waals surface area (Å²) in [7, 11) is 0. The number of rotatable bonds is 4. The molecular formula is C18H21ClN4O2. The Morgan fingerprint density at radius 2 is 1.96 bits per heavy atom. The van der Waals surface area contributed by atoms with Crippen LogP contribution in [0.3, 0.4) is 0 Å². The predicted octanol–water partition coefficient (Wildman–Crippen LogP) is 3.29. The lowest BCUT2D eigenvalue weighted by atomic mass is 10.2. The predicted molar refractivity (Wildman–Crippen MR) is 97.4 cm³/mol. The van der Waals surface area contributed by atoms with E-state index in [9.17, 15) is 4.79 Å². The Balaban J connectivity index is 1.67. The summed E-state index contributed by atoms with van der Waals surface area (Å²) in [5.41, 5.74) is 0.949. The molecule has 1 aromatic carbocycles. The molecule has 0 saturated carbocycles. The van der Waals surface area contributed by atoms with Gasteiger partial charge in [-0.2, -0.15) is 0 Å². The van der Waals surface area contributed by atoms with E-state index in [1.807, 2.05) is 36.9 Å². The summed E-state index contributed by atoms with van der Waals surface area (Å²) in [5.74, 6) is 2.17. The highest BCUT2D eigenvalue weighted by atomic mass is 35.5. The highest BCUT2D eigenvalue weighted by molar-refractivity contribution is 6.31. The zero-order valence-electron chi connectivity index (χ0n) is 14.4. The number of anilines is 1. The third-order valence-corrected chi connectivity index (χ3v) is 4.66. The second-order valence-corrected chi connectivity index (χ2v) is 6.36. The van der Waals surface area contributed by atoms with Crippen molar-refractivity contribution in [3.05, 3.63) is 41.2 Å². The number of piperazine rings is 1. The fourth-order valence-corrected chi connectivity index (χ4v) is 2.89. The lowest BCUT2D eigenvalue weighted by Gasteiger charge is -2.35. The molecule has 1 amide bonds. The minimum Gasteiger partial charge on any atom is -0.439 e. The van der Waals surface area contributed by atoms with Crippen LogP contribution in [0.2, 0.25) is 5.02 Å². The third-order valence-electron chi connectivity index (χ3n) is 4.24. The van der Waals surface area contributed by atoms with Crippen molar-refractivity contribution >= 4 is 23.3 Å². The maximum Gasteiger partial charge on any atom is 0.224 e. The molecule has 7 heteroatoms. The fourth-order valence-electron chi connectivity index (χ4n) is 2.77. The van der Waals surface area contributed by atoms with E-state index in [1.165, 1.54) is 6.33 Å². The summed E-state index contributed by atoms with van der Waals surface area (Å²) in [5, 5.41) is 0.704. The van der Waals surface area contributed by atoms with Gasteiger partial charge in [0.05, 0.1) is 0 Å². The first-order valence-corrected chi connectivity index (χ1v) is 8.73. The molecule has 1 aliphatic heterocycles. The van der Waals surface area contributed by atoms with E-state index >= 15 is 0 Å². The number of hydrogen-bond acceptors (Lipinski definition) is 5. The van der Waals surface area contributed by atoms with Crippen LogP contribution in [0.5, 0.6) is 11.6 Å². The highest BCUT2D eigenvalue weighted by Crippen LogP contribution is 2.26. The van der Waals surface area contributed by atoms with E-state index in [1.54, 1.807) is 6.07 Å². The molecule has 0 unspecified atom stereocenters. The van der Waals surface area contributed by atoms with Gasteiger partial charge < -0.3 is 14.5 Å². The number of ether oxygens (including phenoxy) is 1. The molecule has 6 nitrogen and oxygen atoms in total. The van der Waals surface area contributed by atoms with Crippen molar-refractivity contribution in [2.75, 3.05) is 31.1 Å². The molecule has 1 aliphatic rings. The van der Waals surface area contributed by atoms with E-state index in [2.05, 4.69) is 14.9 Å². The van der Waals surface area contributed by atoms with Gasteiger partial charge in [0, 0.05) is 43.7 Å². The number of amides is 1. The standard InChI is InChI=1S/C18H21ClN4O2/c1-3-18(24)23-8-6-22(7-9-23)16-11-17(21-12-20-16)25-14-4-5-15(19)13(2)10-14/h4-5,10-12H,3,6-9H2,1-2H3. The van der Waals surface area contributed by atoms with Crippen LogP contribution in [0.1, 0.15) is 18.9 Å². The van der Waals surface area contributed by atoms with Crippen LogP contribution in [0.25, 0.3) is 0 Å².